The van der Waals surface area contributed by atoms with Gasteiger partial charge < -0.3 is 0 Å². The molecule has 1 aromatic carbocycles. The van der Waals surface area contributed by atoms with Crippen molar-refractivity contribution < 1.29 is 8.42 Å². The van der Waals surface area contributed by atoms with Crippen LogP contribution in [0.3, 0.4) is 0 Å². The standard InChI is InChI=1S/C9H10BrClO2S/c1-9(2,14(11,12)13)7-4-3-5-8(10)6-7/h3-6H,1-2H3. The van der Waals surface area contributed by atoms with Crippen LogP contribution in [0.1, 0.15) is 19.4 Å². The Labute approximate surface area is 96.8 Å². The molecule has 0 aliphatic heterocycles. The second-order valence-corrected chi connectivity index (χ2v) is 7.49. The van der Waals surface area contributed by atoms with Gasteiger partial charge in [-0.15, -0.1) is 0 Å². The first kappa shape index (κ1) is 12.0. The second-order valence-electron chi connectivity index (χ2n) is 3.46. The Kier molecular flexibility index (Phi) is 3.29. The van der Waals surface area contributed by atoms with Gasteiger partial charge in [-0.1, -0.05) is 28.1 Å². The average molecular weight is 298 g/mol. The van der Waals surface area contributed by atoms with Crippen molar-refractivity contribution in [3.05, 3.63) is 34.3 Å². The van der Waals surface area contributed by atoms with Crippen LogP contribution < -0.4 is 0 Å². The highest BCUT2D eigenvalue weighted by Gasteiger charge is 2.34. The summed E-state index contributed by atoms with van der Waals surface area (Å²) in [5, 5.41) is 0. The van der Waals surface area contributed by atoms with Crippen LogP contribution in [0.25, 0.3) is 0 Å². The van der Waals surface area contributed by atoms with E-state index < -0.39 is 13.8 Å². The van der Waals surface area contributed by atoms with E-state index >= 15 is 0 Å². The third-order valence-corrected chi connectivity index (χ3v) is 5.23. The summed E-state index contributed by atoms with van der Waals surface area (Å²) >= 11 is 3.28. The Hall–Kier alpha value is -0.0600. The molecule has 0 saturated carbocycles. The third kappa shape index (κ3) is 2.30. The normalized spacial score (nSPS) is 12.9. The fourth-order valence-electron chi connectivity index (χ4n) is 1.00. The topological polar surface area (TPSA) is 34.1 Å². The summed E-state index contributed by atoms with van der Waals surface area (Å²) in [5.74, 6) is 0. The van der Waals surface area contributed by atoms with E-state index in [4.69, 9.17) is 10.7 Å². The van der Waals surface area contributed by atoms with Crippen molar-refractivity contribution in [3.63, 3.8) is 0 Å². The van der Waals surface area contributed by atoms with Crippen molar-refractivity contribution in [2.75, 3.05) is 0 Å². The molecule has 0 spiro atoms. The molecule has 0 fully saturated rings. The van der Waals surface area contributed by atoms with Gasteiger partial charge in [-0.3, -0.25) is 0 Å². The molecule has 0 radical (unpaired) electrons. The zero-order valence-corrected chi connectivity index (χ0v) is 10.9. The maximum atomic E-state index is 11.3. The maximum absolute atomic E-state index is 11.3. The predicted octanol–water partition coefficient (Wildman–Crippen LogP) is 3.25. The molecule has 1 aromatic rings. The van der Waals surface area contributed by atoms with E-state index in [-0.39, 0.29) is 0 Å². The van der Waals surface area contributed by atoms with Crippen molar-refractivity contribution in [3.8, 4) is 0 Å². The molecule has 1 rings (SSSR count). The first-order valence-corrected chi connectivity index (χ1v) is 7.05. The predicted molar refractivity (Wildman–Crippen MR) is 61.9 cm³/mol. The summed E-state index contributed by atoms with van der Waals surface area (Å²) in [6.07, 6.45) is 0. The molecular weight excluding hydrogens is 288 g/mol. The molecule has 0 N–H and O–H groups in total. The summed E-state index contributed by atoms with van der Waals surface area (Å²) in [6.45, 7) is 3.16. The molecule has 0 aromatic heterocycles. The average Bonchev–Trinajstić information content (AvgIpc) is 2.02. The highest BCUT2D eigenvalue weighted by atomic mass is 79.9. The minimum absolute atomic E-state index is 0.668. The summed E-state index contributed by atoms with van der Waals surface area (Å²) in [4.78, 5) is 0. The summed E-state index contributed by atoms with van der Waals surface area (Å²) in [6, 6.07) is 7.11. The van der Waals surface area contributed by atoms with E-state index in [0.29, 0.717) is 5.56 Å². The fraction of sp³-hybridized carbons (Fsp3) is 0.333. The molecule has 2 nitrogen and oxygen atoms in total. The van der Waals surface area contributed by atoms with Gasteiger partial charge in [-0.2, -0.15) is 0 Å². The number of hydrogen-bond acceptors (Lipinski definition) is 2. The molecule has 0 heterocycles. The van der Waals surface area contributed by atoms with Gasteiger partial charge in [0.05, 0.1) is 0 Å². The second kappa shape index (κ2) is 3.83. The number of hydrogen-bond donors (Lipinski definition) is 0. The van der Waals surface area contributed by atoms with E-state index in [0.717, 1.165) is 4.47 Å². The molecule has 5 heteroatoms. The smallest absolute Gasteiger partial charge is 0.211 e. The maximum Gasteiger partial charge on any atom is 0.241 e. The van der Waals surface area contributed by atoms with Crippen LogP contribution in [0.15, 0.2) is 28.7 Å². The van der Waals surface area contributed by atoms with Crippen LogP contribution in [0.5, 0.6) is 0 Å². The lowest BCUT2D eigenvalue weighted by Gasteiger charge is -2.21. The zero-order valence-electron chi connectivity index (χ0n) is 7.79. The van der Waals surface area contributed by atoms with E-state index in [9.17, 15) is 8.42 Å². The Morgan fingerprint density at radius 2 is 1.93 bits per heavy atom. The lowest BCUT2D eigenvalue weighted by Crippen LogP contribution is -2.24. The first-order valence-electron chi connectivity index (χ1n) is 3.95. The molecule has 0 amide bonds. The van der Waals surface area contributed by atoms with Crippen molar-refractivity contribution in [1.82, 2.24) is 0 Å². The van der Waals surface area contributed by atoms with Crippen molar-refractivity contribution in [2.45, 2.75) is 18.6 Å². The van der Waals surface area contributed by atoms with Gasteiger partial charge in [0.25, 0.3) is 0 Å². The van der Waals surface area contributed by atoms with Crippen molar-refractivity contribution in [1.29, 1.82) is 0 Å². The number of rotatable bonds is 2. The molecule has 0 bridgehead atoms. The molecule has 0 aliphatic carbocycles. The third-order valence-electron chi connectivity index (χ3n) is 2.13. The Balaban J connectivity index is 3.31. The van der Waals surface area contributed by atoms with Crippen LogP contribution in [0.2, 0.25) is 0 Å². The molecule has 0 saturated heterocycles. The molecular formula is C9H10BrClO2S. The van der Waals surface area contributed by atoms with Crippen LogP contribution in [0, 0.1) is 0 Å². The van der Waals surface area contributed by atoms with Gasteiger partial charge in [0.15, 0.2) is 0 Å². The summed E-state index contributed by atoms with van der Waals surface area (Å²) in [5.41, 5.74) is 0.668. The highest BCUT2D eigenvalue weighted by Crippen LogP contribution is 2.33. The van der Waals surface area contributed by atoms with Gasteiger partial charge in [0.2, 0.25) is 9.05 Å². The van der Waals surface area contributed by atoms with Crippen molar-refractivity contribution >= 4 is 35.7 Å². The zero-order chi connectivity index (χ0) is 11.0. The number of halogens is 2. The highest BCUT2D eigenvalue weighted by molar-refractivity contribution is 9.10. The number of benzene rings is 1. The fourth-order valence-corrected chi connectivity index (χ4v) is 2.08. The summed E-state index contributed by atoms with van der Waals surface area (Å²) in [7, 11) is 1.75. The van der Waals surface area contributed by atoms with Gasteiger partial charge in [-0.05, 0) is 31.5 Å². The van der Waals surface area contributed by atoms with Crippen LogP contribution in [-0.2, 0) is 13.8 Å². The quantitative estimate of drug-likeness (QED) is 0.785. The molecule has 14 heavy (non-hydrogen) atoms. The van der Waals surface area contributed by atoms with Gasteiger partial charge >= 0.3 is 0 Å². The summed E-state index contributed by atoms with van der Waals surface area (Å²) < 4.78 is 22.4. The lowest BCUT2D eigenvalue weighted by molar-refractivity contribution is 0.570. The monoisotopic (exact) mass is 296 g/mol. The van der Waals surface area contributed by atoms with Gasteiger partial charge in [0, 0.05) is 15.2 Å². The molecule has 0 unspecified atom stereocenters. The Bertz CT molecular complexity index is 440. The van der Waals surface area contributed by atoms with E-state index in [1.807, 2.05) is 6.07 Å². The largest absolute Gasteiger partial charge is 0.241 e. The molecule has 0 atom stereocenters. The Morgan fingerprint density at radius 3 is 2.36 bits per heavy atom. The lowest BCUT2D eigenvalue weighted by atomic mass is 10.0. The van der Waals surface area contributed by atoms with Crippen LogP contribution >= 0.6 is 26.6 Å². The van der Waals surface area contributed by atoms with Crippen LogP contribution in [0.4, 0.5) is 0 Å². The van der Waals surface area contributed by atoms with E-state index in [2.05, 4.69) is 15.9 Å². The van der Waals surface area contributed by atoms with E-state index in [1.54, 1.807) is 32.0 Å². The van der Waals surface area contributed by atoms with E-state index in [1.165, 1.54) is 0 Å². The van der Waals surface area contributed by atoms with Crippen molar-refractivity contribution in [2.24, 2.45) is 0 Å². The SMILES string of the molecule is CC(C)(c1cccc(Br)c1)S(=O)(=O)Cl. The molecule has 78 valence electrons. The first-order chi connectivity index (χ1) is 6.25. The minimum Gasteiger partial charge on any atom is -0.211 e. The van der Waals surface area contributed by atoms with Gasteiger partial charge in [-0.25, -0.2) is 8.42 Å². The minimum atomic E-state index is -3.62. The molecule has 0 aliphatic rings. The van der Waals surface area contributed by atoms with Crippen LogP contribution in [-0.4, -0.2) is 8.42 Å². The van der Waals surface area contributed by atoms with Gasteiger partial charge in [0.1, 0.15) is 4.75 Å². The Morgan fingerprint density at radius 1 is 1.36 bits per heavy atom.